The maximum atomic E-state index is 13.8. The van der Waals surface area contributed by atoms with Crippen LogP contribution in [-0.4, -0.2) is 62.8 Å². The summed E-state index contributed by atoms with van der Waals surface area (Å²) in [5, 5.41) is 6.92. The molecule has 0 saturated carbocycles. The molecular weight excluding hydrogens is 624 g/mol. The van der Waals surface area contributed by atoms with Crippen LogP contribution in [0, 0.1) is 5.82 Å². The highest BCUT2D eigenvalue weighted by atomic mass is 35.5. The highest BCUT2D eigenvalue weighted by Gasteiger charge is 2.51. The Kier molecular flexibility index (Phi) is 8.50. The molecule has 0 spiro atoms. The van der Waals surface area contributed by atoms with E-state index in [4.69, 9.17) is 16.3 Å². The molecule has 2 atom stereocenters. The SMILES string of the molecule is CC1(C(=O)NC[C@H]2CN(S(=O)(=O)c3ccc(F)c(Cl)c3)c3cc(NC(=O)OC(C)(C)C(F)(F)F)ccc3O2)CCC(=O)N1. The summed E-state index contributed by atoms with van der Waals surface area (Å²) in [5.41, 5.74) is -4.22. The summed E-state index contributed by atoms with van der Waals surface area (Å²) < 4.78 is 92.1. The van der Waals surface area contributed by atoms with E-state index >= 15 is 0 Å². The standard InChI is InChI=1S/C26H27ClF4N4O7S/c1-24(2,26(29,30)31)42-23(38)33-14-4-7-20-19(10-14)35(43(39,40)16-5-6-18(28)17(27)11-16)13-15(41-20)12-32-22(37)25(3)9-8-21(36)34-25/h4-7,10-11,15H,8-9,12-13H2,1-3H3,(H,32,37)(H,33,38)(H,34,36)/t15-,25?/m0/s1. The predicted molar refractivity (Wildman–Crippen MR) is 146 cm³/mol. The van der Waals surface area contributed by atoms with Gasteiger partial charge in [0.15, 0.2) is 0 Å². The summed E-state index contributed by atoms with van der Waals surface area (Å²) in [6, 6.07) is 6.42. The van der Waals surface area contributed by atoms with Gasteiger partial charge >= 0.3 is 12.3 Å². The van der Waals surface area contributed by atoms with Gasteiger partial charge in [-0.25, -0.2) is 17.6 Å². The normalized spacial score (nSPS) is 20.5. The van der Waals surface area contributed by atoms with Crippen molar-refractivity contribution in [1.29, 1.82) is 0 Å². The molecule has 1 fully saturated rings. The number of rotatable bonds is 7. The summed E-state index contributed by atoms with van der Waals surface area (Å²) in [5.74, 6) is -1.67. The van der Waals surface area contributed by atoms with Gasteiger partial charge < -0.3 is 20.1 Å². The van der Waals surface area contributed by atoms with Crippen molar-refractivity contribution in [1.82, 2.24) is 10.6 Å². The molecule has 3 amide bonds. The van der Waals surface area contributed by atoms with E-state index < -0.39 is 56.3 Å². The average molecular weight is 651 g/mol. The lowest BCUT2D eigenvalue weighted by atomic mass is 9.99. The topological polar surface area (TPSA) is 143 Å². The molecule has 0 aromatic heterocycles. The molecular formula is C26H27ClF4N4O7S. The van der Waals surface area contributed by atoms with Gasteiger partial charge in [0.2, 0.25) is 17.4 Å². The van der Waals surface area contributed by atoms with Gasteiger partial charge in [0.25, 0.3) is 10.0 Å². The third kappa shape index (κ3) is 6.74. The number of halogens is 5. The number of carbonyl (C=O) groups excluding carboxylic acids is 3. The number of nitrogens with one attached hydrogen (secondary N) is 3. The minimum atomic E-state index is -4.86. The Bertz CT molecular complexity index is 1570. The first-order chi connectivity index (χ1) is 19.8. The number of fused-ring (bicyclic) bond motifs is 1. The Balaban J connectivity index is 1.63. The number of alkyl halides is 3. The first-order valence-electron chi connectivity index (χ1n) is 12.8. The molecule has 2 aliphatic heterocycles. The van der Waals surface area contributed by atoms with Crippen LogP contribution in [0.1, 0.15) is 33.6 Å². The van der Waals surface area contributed by atoms with Crippen LogP contribution < -0.4 is 25.0 Å². The summed E-state index contributed by atoms with van der Waals surface area (Å²) in [6.45, 7) is 2.31. The Morgan fingerprint density at radius 2 is 1.91 bits per heavy atom. The van der Waals surface area contributed by atoms with E-state index in [-0.39, 0.29) is 53.9 Å². The molecule has 2 heterocycles. The molecule has 1 saturated heterocycles. The summed E-state index contributed by atoms with van der Waals surface area (Å²) in [4.78, 5) is 36.3. The third-order valence-corrected chi connectivity index (χ3v) is 8.97. The zero-order chi connectivity index (χ0) is 32.0. The predicted octanol–water partition coefficient (Wildman–Crippen LogP) is 4.11. The number of benzene rings is 2. The number of nitrogens with zero attached hydrogens (tertiary/aromatic N) is 1. The molecule has 1 unspecified atom stereocenters. The maximum absolute atomic E-state index is 13.8. The molecule has 3 N–H and O–H groups in total. The lowest BCUT2D eigenvalue weighted by Crippen LogP contribution is -2.55. The van der Waals surface area contributed by atoms with Crippen molar-refractivity contribution in [3.63, 3.8) is 0 Å². The van der Waals surface area contributed by atoms with Gasteiger partial charge in [-0.05, 0) is 63.6 Å². The third-order valence-electron chi connectivity index (χ3n) is 6.91. The van der Waals surface area contributed by atoms with Crippen LogP contribution in [0.3, 0.4) is 0 Å². The zero-order valence-electron chi connectivity index (χ0n) is 23.0. The molecule has 2 aromatic rings. The van der Waals surface area contributed by atoms with Crippen LogP contribution in [0.15, 0.2) is 41.3 Å². The van der Waals surface area contributed by atoms with Crippen molar-refractivity contribution in [3.05, 3.63) is 47.2 Å². The van der Waals surface area contributed by atoms with Crippen LogP contribution in [0.4, 0.5) is 33.7 Å². The van der Waals surface area contributed by atoms with Crippen molar-refractivity contribution in [2.75, 3.05) is 22.7 Å². The quantitative estimate of drug-likeness (QED) is 0.383. The molecule has 0 aliphatic carbocycles. The zero-order valence-corrected chi connectivity index (χ0v) is 24.5. The molecule has 0 bridgehead atoms. The van der Waals surface area contributed by atoms with Gasteiger partial charge in [0.1, 0.15) is 23.2 Å². The highest BCUT2D eigenvalue weighted by Crippen LogP contribution is 2.40. The Morgan fingerprint density at radius 3 is 2.51 bits per heavy atom. The van der Waals surface area contributed by atoms with Crippen molar-refractivity contribution >= 4 is 50.9 Å². The maximum Gasteiger partial charge on any atom is 0.427 e. The molecule has 2 aliphatic rings. The average Bonchev–Trinajstić information content (AvgIpc) is 3.26. The van der Waals surface area contributed by atoms with E-state index in [0.29, 0.717) is 13.8 Å². The second kappa shape index (κ2) is 11.4. The summed E-state index contributed by atoms with van der Waals surface area (Å²) in [6.07, 6.45) is -6.84. The number of carbonyl (C=O) groups is 3. The van der Waals surface area contributed by atoms with Crippen molar-refractivity contribution in [2.24, 2.45) is 0 Å². The van der Waals surface area contributed by atoms with Gasteiger partial charge in [-0.3, -0.25) is 19.2 Å². The van der Waals surface area contributed by atoms with Crippen LogP contribution in [0.2, 0.25) is 5.02 Å². The van der Waals surface area contributed by atoms with E-state index in [9.17, 15) is 40.4 Å². The second-order valence-electron chi connectivity index (χ2n) is 10.6. The van der Waals surface area contributed by atoms with Crippen molar-refractivity contribution in [3.8, 4) is 5.75 Å². The minimum Gasteiger partial charge on any atom is -0.484 e. The Labute approximate surface area is 248 Å². The molecule has 234 valence electrons. The Morgan fingerprint density at radius 1 is 1.21 bits per heavy atom. The molecule has 4 rings (SSSR count). The number of sulfonamides is 1. The molecule has 17 heteroatoms. The van der Waals surface area contributed by atoms with E-state index in [1.54, 1.807) is 6.92 Å². The number of hydrogen-bond acceptors (Lipinski definition) is 7. The molecule has 2 aromatic carbocycles. The largest absolute Gasteiger partial charge is 0.484 e. The molecule has 43 heavy (non-hydrogen) atoms. The second-order valence-corrected chi connectivity index (χ2v) is 12.9. The van der Waals surface area contributed by atoms with Gasteiger partial charge in [-0.15, -0.1) is 0 Å². The number of amides is 3. The lowest BCUT2D eigenvalue weighted by molar-refractivity contribution is -0.242. The van der Waals surface area contributed by atoms with Crippen molar-refractivity contribution < 1.29 is 49.8 Å². The smallest absolute Gasteiger partial charge is 0.427 e. The van der Waals surface area contributed by atoms with Gasteiger partial charge in [0, 0.05) is 12.1 Å². The first-order valence-corrected chi connectivity index (χ1v) is 14.6. The van der Waals surface area contributed by atoms with Crippen LogP contribution >= 0.6 is 11.6 Å². The van der Waals surface area contributed by atoms with E-state index in [1.807, 2.05) is 0 Å². The summed E-state index contributed by atoms with van der Waals surface area (Å²) in [7, 11) is -4.47. The fourth-order valence-corrected chi connectivity index (χ4v) is 6.06. The Hall–Kier alpha value is -3.79. The van der Waals surface area contributed by atoms with Gasteiger partial charge in [-0.1, -0.05) is 11.6 Å². The summed E-state index contributed by atoms with van der Waals surface area (Å²) >= 11 is 5.82. The fourth-order valence-electron chi connectivity index (χ4n) is 4.29. The van der Waals surface area contributed by atoms with E-state index in [2.05, 4.69) is 20.7 Å². The minimum absolute atomic E-state index is 0.0165. The molecule has 0 radical (unpaired) electrons. The van der Waals surface area contributed by atoms with Gasteiger partial charge in [-0.2, -0.15) is 13.2 Å². The highest BCUT2D eigenvalue weighted by molar-refractivity contribution is 7.92. The van der Waals surface area contributed by atoms with Crippen LogP contribution in [-0.2, 0) is 24.3 Å². The van der Waals surface area contributed by atoms with Gasteiger partial charge in [0.05, 0.1) is 28.7 Å². The fraction of sp³-hybridized carbons (Fsp3) is 0.423. The number of ether oxygens (including phenoxy) is 2. The van der Waals surface area contributed by atoms with E-state index in [1.165, 1.54) is 12.1 Å². The van der Waals surface area contributed by atoms with Crippen molar-refractivity contribution in [2.45, 2.75) is 61.9 Å². The number of hydrogen-bond donors (Lipinski definition) is 3. The monoisotopic (exact) mass is 650 g/mol. The lowest BCUT2D eigenvalue weighted by Gasteiger charge is -2.36. The van der Waals surface area contributed by atoms with E-state index in [0.717, 1.165) is 28.6 Å². The van der Waals surface area contributed by atoms with Crippen LogP contribution in [0.25, 0.3) is 0 Å². The molecule has 11 nitrogen and oxygen atoms in total. The first kappa shape index (κ1) is 32.1. The van der Waals surface area contributed by atoms with Crippen LogP contribution in [0.5, 0.6) is 5.75 Å². The number of anilines is 2.